The van der Waals surface area contributed by atoms with Gasteiger partial charge in [0.2, 0.25) is 0 Å². The second-order valence-electron chi connectivity index (χ2n) is 6.99. The van der Waals surface area contributed by atoms with E-state index in [0.29, 0.717) is 11.7 Å². The highest BCUT2D eigenvalue weighted by atomic mass is 16.5. The maximum atomic E-state index is 12.5. The van der Waals surface area contributed by atoms with Gasteiger partial charge in [-0.3, -0.25) is 4.79 Å². The number of aromatic nitrogens is 3. The highest BCUT2D eigenvalue weighted by molar-refractivity contribution is 5.93. The zero-order chi connectivity index (χ0) is 17.0. The molecule has 1 fully saturated rings. The van der Waals surface area contributed by atoms with Gasteiger partial charge in [-0.2, -0.15) is 0 Å². The number of methoxy groups -OCH3 is 1. The first-order valence-corrected chi connectivity index (χ1v) is 8.32. The monoisotopic (exact) mass is 323 g/mol. The Kier molecular flexibility index (Phi) is 5.75. The lowest BCUT2D eigenvalue weighted by Gasteiger charge is -2.27. The number of hydrogen-bond acceptors (Lipinski definition) is 5. The molecule has 7 heteroatoms. The highest BCUT2D eigenvalue weighted by Crippen LogP contribution is 2.20. The molecule has 0 spiro atoms. The molecule has 1 aromatic rings. The summed E-state index contributed by atoms with van der Waals surface area (Å²) < 4.78 is 7.32. The van der Waals surface area contributed by atoms with Crippen molar-refractivity contribution < 1.29 is 9.53 Å². The predicted molar refractivity (Wildman–Crippen MR) is 88.5 cm³/mol. The molecule has 0 saturated carbocycles. The zero-order valence-electron chi connectivity index (χ0n) is 14.8. The normalized spacial score (nSPS) is 18.0. The van der Waals surface area contributed by atoms with Crippen molar-refractivity contribution in [3.8, 4) is 0 Å². The van der Waals surface area contributed by atoms with Crippen molar-refractivity contribution >= 4 is 5.91 Å². The van der Waals surface area contributed by atoms with Gasteiger partial charge in [0, 0.05) is 13.2 Å². The van der Waals surface area contributed by atoms with Crippen LogP contribution in [0.1, 0.15) is 62.3 Å². The van der Waals surface area contributed by atoms with E-state index in [9.17, 15) is 4.79 Å². The number of nitrogens with one attached hydrogen (secondary N) is 2. The third-order valence-electron chi connectivity index (χ3n) is 4.52. The molecular weight excluding hydrogens is 294 g/mol. The molecule has 1 aliphatic heterocycles. The van der Waals surface area contributed by atoms with Gasteiger partial charge in [-0.1, -0.05) is 5.21 Å². The minimum atomic E-state index is -0.269. The van der Waals surface area contributed by atoms with E-state index in [1.807, 2.05) is 32.4 Å². The second kappa shape index (κ2) is 7.40. The lowest BCUT2D eigenvalue weighted by molar-refractivity contribution is 0.00883. The first kappa shape index (κ1) is 17.9. The molecule has 2 rings (SSSR count). The van der Waals surface area contributed by atoms with E-state index in [1.165, 1.54) is 0 Å². The fourth-order valence-electron chi connectivity index (χ4n) is 3.11. The van der Waals surface area contributed by atoms with Crippen molar-refractivity contribution in [2.24, 2.45) is 0 Å². The van der Waals surface area contributed by atoms with E-state index in [-0.39, 0.29) is 17.6 Å². The molecule has 1 saturated heterocycles. The van der Waals surface area contributed by atoms with Crippen LogP contribution in [0.5, 0.6) is 0 Å². The number of carbonyl (C=O) groups is 1. The molecule has 1 atom stereocenters. The smallest absolute Gasteiger partial charge is 0.273 e. The Morgan fingerprint density at radius 3 is 2.74 bits per heavy atom. The zero-order valence-corrected chi connectivity index (χ0v) is 14.8. The maximum absolute atomic E-state index is 12.5. The third kappa shape index (κ3) is 4.51. The van der Waals surface area contributed by atoms with E-state index < -0.39 is 0 Å². The van der Waals surface area contributed by atoms with Crippen molar-refractivity contribution in [3.63, 3.8) is 0 Å². The van der Waals surface area contributed by atoms with Gasteiger partial charge in [0.1, 0.15) is 0 Å². The van der Waals surface area contributed by atoms with Crippen molar-refractivity contribution in [3.05, 3.63) is 11.4 Å². The van der Waals surface area contributed by atoms with Gasteiger partial charge in [-0.15, -0.1) is 5.10 Å². The lowest BCUT2D eigenvalue weighted by Crippen LogP contribution is -2.39. The van der Waals surface area contributed by atoms with Gasteiger partial charge in [0.25, 0.3) is 5.91 Å². The summed E-state index contributed by atoms with van der Waals surface area (Å²) in [6.07, 6.45) is 2.77. The van der Waals surface area contributed by atoms with Crippen LogP contribution >= 0.6 is 0 Å². The highest BCUT2D eigenvalue weighted by Gasteiger charge is 2.25. The summed E-state index contributed by atoms with van der Waals surface area (Å²) in [5.41, 5.74) is 0.993. The molecule has 0 aliphatic carbocycles. The van der Waals surface area contributed by atoms with Crippen molar-refractivity contribution in [1.29, 1.82) is 0 Å². The van der Waals surface area contributed by atoms with E-state index in [0.717, 1.165) is 38.0 Å². The van der Waals surface area contributed by atoms with Crippen LogP contribution < -0.4 is 10.6 Å². The summed E-state index contributed by atoms with van der Waals surface area (Å²) >= 11 is 0. The number of rotatable bonds is 6. The summed E-state index contributed by atoms with van der Waals surface area (Å²) in [6, 6.07) is 0.330. The van der Waals surface area contributed by atoms with Crippen LogP contribution in [0.15, 0.2) is 0 Å². The van der Waals surface area contributed by atoms with Gasteiger partial charge in [-0.25, -0.2) is 4.68 Å². The first-order valence-electron chi connectivity index (χ1n) is 8.32. The Balaban J connectivity index is 2.01. The summed E-state index contributed by atoms with van der Waals surface area (Å²) in [7, 11) is 1.68. The molecule has 1 aromatic heterocycles. The molecule has 130 valence electrons. The number of carbonyl (C=O) groups excluding carboxylic acids is 1. The van der Waals surface area contributed by atoms with Crippen LogP contribution in [0.3, 0.4) is 0 Å². The van der Waals surface area contributed by atoms with Gasteiger partial charge in [0.15, 0.2) is 5.69 Å². The fourth-order valence-corrected chi connectivity index (χ4v) is 3.11. The molecule has 1 aliphatic rings. The summed E-state index contributed by atoms with van der Waals surface area (Å²) in [5.74, 6) is -0.165. The van der Waals surface area contributed by atoms with Crippen LogP contribution in [0.25, 0.3) is 0 Å². The van der Waals surface area contributed by atoms with Crippen molar-refractivity contribution in [2.75, 3.05) is 20.2 Å². The van der Waals surface area contributed by atoms with Crippen LogP contribution in [0, 0.1) is 6.92 Å². The quantitative estimate of drug-likeness (QED) is 0.828. The topological polar surface area (TPSA) is 81.1 Å². The van der Waals surface area contributed by atoms with Crippen LogP contribution in [0.4, 0.5) is 0 Å². The van der Waals surface area contributed by atoms with E-state index in [4.69, 9.17) is 4.74 Å². The maximum Gasteiger partial charge on any atom is 0.273 e. The first-order chi connectivity index (χ1) is 10.8. The summed E-state index contributed by atoms with van der Waals surface area (Å²) in [6.45, 7) is 9.87. The molecule has 0 radical (unpaired) electrons. The standard InChI is InChI=1S/C16H29N5O2/c1-11(10-16(3,4)23-5)18-15(22)14-12(2)21(20-19-14)13-6-8-17-9-7-13/h11,13,17H,6-10H2,1-5H3,(H,18,22)/t11-/m0/s1. The summed E-state index contributed by atoms with van der Waals surface area (Å²) in [5, 5.41) is 14.7. The van der Waals surface area contributed by atoms with E-state index >= 15 is 0 Å². The Morgan fingerprint density at radius 2 is 2.13 bits per heavy atom. The number of amides is 1. The molecule has 7 nitrogen and oxygen atoms in total. The molecular formula is C16H29N5O2. The predicted octanol–water partition coefficient (Wildman–Crippen LogP) is 1.44. The number of hydrogen-bond donors (Lipinski definition) is 2. The van der Waals surface area contributed by atoms with Crippen molar-refractivity contribution in [1.82, 2.24) is 25.6 Å². The lowest BCUT2D eigenvalue weighted by atomic mass is 10.00. The van der Waals surface area contributed by atoms with E-state index in [2.05, 4.69) is 20.9 Å². The molecule has 2 N–H and O–H groups in total. The third-order valence-corrected chi connectivity index (χ3v) is 4.52. The Bertz CT molecular complexity index is 535. The number of ether oxygens (including phenoxy) is 1. The molecule has 0 aromatic carbocycles. The van der Waals surface area contributed by atoms with Gasteiger partial charge < -0.3 is 15.4 Å². The van der Waals surface area contributed by atoms with Crippen LogP contribution in [0.2, 0.25) is 0 Å². The molecule has 0 unspecified atom stereocenters. The second-order valence-corrected chi connectivity index (χ2v) is 6.99. The molecule has 2 heterocycles. The molecule has 1 amide bonds. The minimum absolute atomic E-state index is 0.000815. The average molecular weight is 323 g/mol. The Morgan fingerprint density at radius 1 is 1.48 bits per heavy atom. The van der Waals surface area contributed by atoms with E-state index in [1.54, 1.807) is 7.11 Å². The number of nitrogens with zero attached hydrogens (tertiary/aromatic N) is 3. The Labute approximate surface area is 138 Å². The van der Waals surface area contributed by atoms with Crippen LogP contribution in [-0.2, 0) is 4.74 Å². The van der Waals surface area contributed by atoms with Gasteiger partial charge >= 0.3 is 0 Å². The fraction of sp³-hybridized carbons (Fsp3) is 0.812. The van der Waals surface area contributed by atoms with Crippen LogP contribution in [-0.4, -0.2) is 52.7 Å². The average Bonchev–Trinajstić information content (AvgIpc) is 2.89. The Hall–Kier alpha value is -1.47. The minimum Gasteiger partial charge on any atom is -0.379 e. The largest absolute Gasteiger partial charge is 0.379 e. The molecule has 0 bridgehead atoms. The molecule has 23 heavy (non-hydrogen) atoms. The van der Waals surface area contributed by atoms with Gasteiger partial charge in [0.05, 0.1) is 17.3 Å². The van der Waals surface area contributed by atoms with Gasteiger partial charge in [-0.05, 0) is 60.0 Å². The summed E-state index contributed by atoms with van der Waals surface area (Å²) in [4.78, 5) is 12.5. The number of piperidine rings is 1. The van der Waals surface area contributed by atoms with Crippen molar-refractivity contribution in [2.45, 2.75) is 64.6 Å². The SMILES string of the molecule is COC(C)(C)C[C@H](C)NC(=O)c1nnn(C2CCNCC2)c1C.